The highest BCUT2D eigenvalue weighted by Crippen LogP contribution is 2.36. The number of benzene rings is 1. The maximum absolute atomic E-state index is 11.1. The number of hydrogen-bond acceptors (Lipinski definition) is 3. The second-order valence-electron chi connectivity index (χ2n) is 5.16. The number of fused-ring (bicyclic) bond motifs is 1. The van der Waals surface area contributed by atoms with E-state index in [4.69, 9.17) is 9.52 Å². The lowest BCUT2D eigenvalue weighted by Crippen LogP contribution is -2.20. The van der Waals surface area contributed by atoms with Crippen molar-refractivity contribution >= 4 is 17.1 Å². The summed E-state index contributed by atoms with van der Waals surface area (Å²) in [6.07, 6.45) is 3.18. The molecule has 1 aliphatic carbocycles. The third-order valence-electron chi connectivity index (χ3n) is 3.99. The van der Waals surface area contributed by atoms with E-state index in [1.165, 1.54) is 0 Å². The molecule has 0 spiro atoms. The summed E-state index contributed by atoms with van der Waals surface area (Å²) in [5.74, 6) is -0.974. The minimum atomic E-state index is -0.689. The lowest BCUT2D eigenvalue weighted by atomic mass is 9.79. The van der Waals surface area contributed by atoms with Crippen molar-refractivity contribution in [3.8, 4) is 0 Å². The molecular formula is C14H15NO4. The van der Waals surface area contributed by atoms with E-state index in [0.717, 1.165) is 31.2 Å². The number of hydrogen-bond donors (Lipinski definition) is 2. The van der Waals surface area contributed by atoms with Gasteiger partial charge in [0.25, 0.3) is 0 Å². The zero-order chi connectivity index (χ0) is 13.4. The fourth-order valence-electron chi connectivity index (χ4n) is 2.89. The highest BCUT2D eigenvalue weighted by atomic mass is 16.4. The fraction of sp³-hybridized carbons (Fsp3) is 0.429. The maximum atomic E-state index is 11.1. The minimum Gasteiger partial charge on any atom is -0.481 e. The van der Waals surface area contributed by atoms with Crippen LogP contribution >= 0.6 is 0 Å². The molecule has 1 fully saturated rings. The number of aromatic nitrogens is 1. The molecule has 0 radical (unpaired) electrons. The van der Waals surface area contributed by atoms with Gasteiger partial charge < -0.3 is 9.52 Å². The van der Waals surface area contributed by atoms with E-state index in [2.05, 4.69) is 4.98 Å². The highest BCUT2D eigenvalue weighted by Gasteiger charge is 2.26. The molecule has 0 bridgehead atoms. The van der Waals surface area contributed by atoms with Crippen molar-refractivity contribution in [2.75, 3.05) is 0 Å². The number of rotatable bonds is 2. The number of carboxylic acid groups (broad SMARTS) is 1. The van der Waals surface area contributed by atoms with Crippen LogP contribution in [0.3, 0.4) is 0 Å². The van der Waals surface area contributed by atoms with Gasteiger partial charge in [-0.1, -0.05) is 6.07 Å². The Morgan fingerprint density at radius 2 is 2.00 bits per heavy atom. The molecule has 100 valence electrons. The number of oxazole rings is 1. The third kappa shape index (κ3) is 2.28. The van der Waals surface area contributed by atoms with Crippen LogP contribution in [0.4, 0.5) is 0 Å². The number of H-pyrrole nitrogens is 1. The van der Waals surface area contributed by atoms with Crippen LogP contribution in [0.2, 0.25) is 0 Å². The predicted octanol–water partition coefficient (Wildman–Crippen LogP) is 2.48. The molecule has 0 aliphatic heterocycles. The van der Waals surface area contributed by atoms with Crippen LogP contribution in [0.5, 0.6) is 0 Å². The quantitative estimate of drug-likeness (QED) is 0.869. The van der Waals surface area contributed by atoms with Crippen LogP contribution in [0.1, 0.15) is 37.2 Å². The second-order valence-corrected chi connectivity index (χ2v) is 5.16. The monoisotopic (exact) mass is 261 g/mol. The fourth-order valence-corrected chi connectivity index (χ4v) is 2.89. The number of nitrogens with one attached hydrogen (secondary N) is 1. The van der Waals surface area contributed by atoms with E-state index in [-0.39, 0.29) is 5.92 Å². The van der Waals surface area contributed by atoms with Crippen molar-refractivity contribution in [2.24, 2.45) is 5.92 Å². The first-order chi connectivity index (χ1) is 9.13. The lowest BCUT2D eigenvalue weighted by molar-refractivity contribution is -0.142. The van der Waals surface area contributed by atoms with Crippen LogP contribution in [-0.4, -0.2) is 16.1 Å². The molecule has 0 saturated heterocycles. The molecule has 1 aromatic carbocycles. The SMILES string of the molecule is O=C(O)C1CCC(c2ccc3[nH]c(=O)oc3c2)CC1. The van der Waals surface area contributed by atoms with E-state index in [9.17, 15) is 9.59 Å². The zero-order valence-corrected chi connectivity index (χ0v) is 10.4. The molecule has 1 aromatic heterocycles. The molecule has 1 aliphatic rings. The van der Waals surface area contributed by atoms with E-state index in [1.807, 2.05) is 18.2 Å². The average molecular weight is 261 g/mol. The van der Waals surface area contributed by atoms with Gasteiger partial charge in [0.1, 0.15) is 0 Å². The third-order valence-corrected chi connectivity index (χ3v) is 3.99. The summed E-state index contributed by atoms with van der Waals surface area (Å²) in [5, 5.41) is 8.99. The summed E-state index contributed by atoms with van der Waals surface area (Å²) >= 11 is 0. The summed E-state index contributed by atoms with van der Waals surface area (Å²) in [7, 11) is 0. The van der Waals surface area contributed by atoms with Crippen molar-refractivity contribution < 1.29 is 14.3 Å². The number of aromatic amines is 1. The van der Waals surface area contributed by atoms with Crippen LogP contribution in [-0.2, 0) is 4.79 Å². The van der Waals surface area contributed by atoms with Crippen LogP contribution in [0.15, 0.2) is 27.4 Å². The first-order valence-electron chi connectivity index (χ1n) is 6.49. The molecule has 1 heterocycles. The molecule has 5 nitrogen and oxygen atoms in total. The summed E-state index contributed by atoms with van der Waals surface area (Å²) in [5.41, 5.74) is 2.40. The van der Waals surface area contributed by atoms with Gasteiger partial charge in [-0.05, 0) is 49.3 Å². The molecule has 0 amide bonds. The van der Waals surface area contributed by atoms with Gasteiger partial charge in [-0.2, -0.15) is 0 Å². The Bertz CT molecular complexity index is 661. The van der Waals surface area contributed by atoms with Crippen LogP contribution < -0.4 is 5.76 Å². The summed E-state index contributed by atoms with van der Waals surface area (Å²) in [4.78, 5) is 24.6. The molecule has 3 rings (SSSR count). The summed E-state index contributed by atoms with van der Waals surface area (Å²) < 4.78 is 5.05. The molecule has 5 heteroatoms. The maximum Gasteiger partial charge on any atom is 0.417 e. The Morgan fingerprint density at radius 3 is 2.68 bits per heavy atom. The van der Waals surface area contributed by atoms with Gasteiger partial charge in [0, 0.05) is 0 Å². The van der Waals surface area contributed by atoms with Gasteiger partial charge >= 0.3 is 11.7 Å². The summed E-state index contributed by atoms with van der Waals surface area (Å²) in [6.45, 7) is 0. The van der Waals surface area contributed by atoms with Crippen molar-refractivity contribution in [3.63, 3.8) is 0 Å². The smallest absolute Gasteiger partial charge is 0.417 e. The van der Waals surface area contributed by atoms with Crippen LogP contribution in [0.25, 0.3) is 11.1 Å². The second kappa shape index (κ2) is 4.57. The van der Waals surface area contributed by atoms with Gasteiger partial charge in [-0.25, -0.2) is 4.79 Å². The van der Waals surface area contributed by atoms with E-state index in [0.29, 0.717) is 17.0 Å². The Morgan fingerprint density at radius 1 is 1.26 bits per heavy atom. The van der Waals surface area contributed by atoms with Gasteiger partial charge in [-0.15, -0.1) is 0 Å². The van der Waals surface area contributed by atoms with Crippen LogP contribution in [0, 0.1) is 5.92 Å². The van der Waals surface area contributed by atoms with E-state index < -0.39 is 11.7 Å². The highest BCUT2D eigenvalue weighted by molar-refractivity contribution is 5.73. The predicted molar refractivity (Wildman–Crippen MR) is 69.2 cm³/mol. The molecule has 2 N–H and O–H groups in total. The molecule has 1 saturated carbocycles. The molecular weight excluding hydrogens is 246 g/mol. The summed E-state index contributed by atoms with van der Waals surface area (Å²) in [6, 6.07) is 5.72. The molecule has 2 aromatic rings. The molecule has 19 heavy (non-hydrogen) atoms. The number of carboxylic acids is 1. The number of carbonyl (C=O) groups is 1. The number of aliphatic carboxylic acids is 1. The molecule has 0 unspecified atom stereocenters. The van der Waals surface area contributed by atoms with E-state index in [1.54, 1.807) is 0 Å². The van der Waals surface area contributed by atoms with Gasteiger partial charge in [-0.3, -0.25) is 9.78 Å². The van der Waals surface area contributed by atoms with E-state index >= 15 is 0 Å². The van der Waals surface area contributed by atoms with Gasteiger partial charge in [0.15, 0.2) is 5.58 Å². The zero-order valence-electron chi connectivity index (χ0n) is 10.4. The Kier molecular flexibility index (Phi) is 2.89. The van der Waals surface area contributed by atoms with Crippen molar-refractivity contribution in [2.45, 2.75) is 31.6 Å². The Hall–Kier alpha value is -2.04. The van der Waals surface area contributed by atoms with Gasteiger partial charge in [0.05, 0.1) is 11.4 Å². The topological polar surface area (TPSA) is 83.3 Å². The largest absolute Gasteiger partial charge is 0.481 e. The Balaban J connectivity index is 1.81. The van der Waals surface area contributed by atoms with Crippen molar-refractivity contribution in [3.05, 3.63) is 34.3 Å². The normalized spacial score (nSPS) is 23.6. The average Bonchev–Trinajstić information content (AvgIpc) is 2.77. The molecule has 0 atom stereocenters. The minimum absolute atomic E-state index is 0.204. The lowest BCUT2D eigenvalue weighted by Gasteiger charge is -2.26. The Labute approximate surface area is 109 Å². The standard InChI is InChI=1S/C14H15NO4/c16-13(17)9-3-1-8(2-4-9)10-5-6-11-12(7-10)19-14(18)15-11/h5-9H,1-4H2,(H,15,18)(H,16,17). The first kappa shape index (κ1) is 12.0. The first-order valence-corrected chi connectivity index (χ1v) is 6.49. The van der Waals surface area contributed by atoms with Gasteiger partial charge in [0.2, 0.25) is 0 Å². The van der Waals surface area contributed by atoms with Crippen molar-refractivity contribution in [1.82, 2.24) is 4.98 Å². The van der Waals surface area contributed by atoms with Crippen molar-refractivity contribution in [1.29, 1.82) is 0 Å².